The molecule has 2 heterocycles. The molecule has 1 aromatic heterocycles. The van der Waals surface area contributed by atoms with Crippen molar-refractivity contribution in [2.24, 2.45) is 5.92 Å². The van der Waals surface area contributed by atoms with Crippen molar-refractivity contribution in [3.05, 3.63) is 22.8 Å². The summed E-state index contributed by atoms with van der Waals surface area (Å²) in [5.74, 6) is 0.830. The molecule has 0 amide bonds. The maximum absolute atomic E-state index is 11.5. The quantitative estimate of drug-likeness (QED) is 0.864. The molecule has 0 radical (unpaired) electrons. The minimum Gasteiger partial charge on any atom is -0.477 e. The zero-order valence-corrected chi connectivity index (χ0v) is 11.9. The van der Waals surface area contributed by atoms with Crippen LogP contribution in [-0.2, 0) is 13.0 Å². The Morgan fingerprint density at radius 2 is 2.20 bits per heavy atom. The van der Waals surface area contributed by atoms with Crippen LogP contribution >= 0.6 is 0 Å². The van der Waals surface area contributed by atoms with Crippen LogP contribution in [0.4, 0.5) is 0 Å². The maximum atomic E-state index is 11.5. The van der Waals surface area contributed by atoms with Crippen molar-refractivity contribution < 1.29 is 9.90 Å². The van der Waals surface area contributed by atoms with Gasteiger partial charge in [-0.05, 0) is 31.7 Å². The van der Waals surface area contributed by atoms with Crippen molar-refractivity contribution in [1.29, 1.82) is 0 Å². The van der Waals surface area contributed by atoms with Gasteiger partial charge in [0.25, 0.3) is 0 Å². The van der Waals surface area contributed by atoms with Crippen LogP contribution in [0, 0.1) is 5.92 Å². The normalized spacial score (nSPS) is 26.1. The highest BCUT2D eigenvalue weighted by atomic mass is 16.4. The van der Waals surface area contributed by atoms with Gasteiger partial charge in [0, 0.05) is 18.0 Å². The molecule has 2 N–H and O–H groups in total. The van der Waals surface area contributed by atoms with E-state index in [1.807, 2.05) is 0 Å². The van der Waals surface area contributed by atoms with Gasteiger partial charge in [-0.15, -0.1) is 0 Å². The lowest BCUT2D eigenvalue weighted by Crippen LogP contribution is -2.29. The largest absolute Gasteiger partial charge is 0.477 e. The number of carboxylic acids is 1. The van der Waals surface area contributed by atoms with Crippen LogP contribution in [0.3, 0.4) is 0 Å². The van der Waals surface area contributed by atoms with E-state index in [2.05, 4.69) is 22.2 Å². The fraction of sp³-hybridized carbons (Fsp3) is 0.667. The summed E-state index contributed by atoms with van der Waals surface area (Å²) < 4.78 is 0. The molecular weight excluding hydrogens is 254 g/mol. The summed E-state index contributed by atoms with van der Waals surface area (Å²) in [6.07, 6.45) is 5.31. The topological polar surface area (TPSA) is 75.1 Å². The fourth-order valence-corrected chi connectivity index (χ4v) is 3.41. The van der Waals surface area contributed by atoms with Gasteiger partial charge in [0.2, 0.25) is 0 Å². The van der Waals surface area contributed by atoms with E-state index in [9.17, 15) is 9.90 Å². The van der Waals surface area contributed by atoms with Gasteiger partial charge in [-0.3, -0.25) is 0 Å². The van der Waals surface area contributed by atoms with Gasteiger partial charge in [0.1, 0.15) is 5.82 Å². The molecule has 2 atom stereocenters. The van der Waals surface area contributed by atoms with E-state index >= 15 is 0 Å². The maximum Gasteiger partial charge on any atom is 0.354 e. The molecule has 0 bridgehead atoms. The Morgan fingerprint density at radius 3 is 2.95 bits per heavy atom. The number of hydrogen-bond acceptors (Lipinski definition) is 4. The van der Waals surface area contributed by atoms with Gasteiger partial charge in [-0.2, -0.15) is 0 Å². The average molecular weight is 275 g/mol. The molecule has 2 aliphatic rings. The molecule has 1 saturated carbocycles. The van der Waals surface area contributed by atoms with Crippen LogP contribution in [0.5, 0.6) is 0 Å². The monoisotopic (exact) mass is 275 g/mol. The third-order valence-electron chi connectivity index (χ3n) is 4.46. The summed E-state index contributed by atoms with van der Waals surface area (Å²) >= 11 is 0. The predicted octanol–water partition coefficient (Wildman–Crippen LogP) is 2.11. The Labute approximate surface area is 118 Å². The molecule has 1 fully saturated rings. The molecule has 3 rings (SSSR count). The first kappa shape index (κ1) is 13.5. The van der Waals surface area contributed by atoms with Crippen molar-refractivity contribution in [1.82, 2.24) is 15.3 Å². The molecule has 0 spiro atoms. The van der Waals surface area contributed by atoms with E-state index in [1.54, 1.807) is 0 Å². The molecule has 1 aliphatic heterocycles. The van der Waals surface area contributed by atoms with Gasteiger partial charge in [0.15, 0.2) is 5.69 Å². The Kier molecular flexibility index (Phi) is 3.70. The predicted molar refractivity (Wildman–Crippen MR) is 74.8 cm³/mol. The number of carbonyl (C=O) groups is 1. The van der Waals surface area contributed by atoms with E-state index < -0.39 is 5.97 Å². The molecule has 1 aliphatic carbocycles. The Morgan fingerprint density at radius 1 is 1.35 bits per heavy atom. The van der Waals surface area contributed by atoms with Crippen molar-refractivity contribution in [3.63, 3.8) is 0 Å². The smallest absolute Gasteiger partial charge is 0.354 e. The summed E-state index contributed by atoms with van der Waals surface area (Å²) in [7, 11) is 0. The number of rotatable bonds is 2. The Bertz CT molecular complexity index is 530. The minimum atomic E-state index is -0.921. The van der Waals surface area contributed by atoms with Crippen LogP contribution in [0.2, 0.25) is 0 Å². The van der Waals surface area contributed by atoms with Crippen molar-refractivity contribution >= 4 is 5.97 Å². The highest BCUT2D eigenvalue weighted by molar-refractivity contribution is 5.87. The second-order valence-corrected chi connectivity index (χ2v) is 6.06. The highest BCUT2D eigenvalue weighted by Gasteiger charge is 2.27. The summed E-state index contributed by atoms with van der Waals surface area (Å²) in [6.45, 7) is 3.72. The second-order valence-electron chi connectivity index (χ2n) is 6.06. The molecule has 1 aromatic rings. The zero-order valence-electron chi connectivity index (χ0n) is 11.9. The number of fused-ring (bicyclic) bond motifs is 1. The summed E-state index contributed by atoms with van der Waals surface area (Å²) in [5, 5.41) is 12.7. The number of hydrogen-bond donors (Lipinski definition) is 2. The minimum absolute atomic E-state index is 0.227. The summed E-state index contributed by atoms with van der Waals surface area (Å²) in [4.78, 5) is 20.5. The molecule has 108 valence electrons. The first-order valence-electron chi connectivity index (χ1n) is 7.49. The van der Waals surface area contributed by atoms with E-state index in [0.717, 1.165) is 36.5 Å². The molecule has 5 nitrogen and oxygen atoms in total. The molecule has 2 unspecified atom stereocenters. The lowest BCUT2D eigenvalue weighted by Gasteiger charge is -2.27. The van der Waals surface area contributed by atoms with E-state index in [0.29, 0.717) is 24.8 Å². The summed E-state index contributed by atoms with van der Waals surface area (Å²) in [6, 6.07) is 0. The van der Waals surface area contributed by atoms with Crippen molar-refractivity contribution in [2.75, 3.05) is 6.54 Å². The second kappa shape index (κ2) is 5.48. The van der Waals surface area contributed by atoms with Gasteiger partial charge in [-0.25, -0.2) is 14.8 Å². The van der Waals surface area contributed by atoms with Gasteiger partial charge < -0.3 is 10.4 Å². The number of aromatic carboxylic acids is 1. The van der Waals surface area contributed by atoms with Crippen LogP contribution in [0.15, 0.2) is 0 Å². The Balaban J connectivity index is 1.99. The SMILES string of the molecule is CC1CCCC(c2nc3c(c(C(=O)O)n2)CCNC3)C1. The van der Waals surface area contributed by atoms with Gasteiger partial charge in [-0.1, -0.05) is 19.8 Å². The number of carboxylic acid groups (broad SMARTS) is 1. The molecule has 0 saturated heterocycles. The van der Waals surface area contributed by atoms with Crippen LogP contribution in [-0.4, -0.2) is 27.6 Å². The standard InChI is InChI=1S/C15H21N3O2/c1-9-3-2-4-10(7-9)14-17-12-8-16-6-5-11(12)13(18-14)15(19)20/h9-10,16H,2-8H2,1H3,(H,19,20). The average Bonchev–Trinajstić information content (AvgIpc) is 2.46. The first-order chi connectivity index (χ1) is 9.65. The molecule has 5 heteroatoms. The molecular formula is C15H21N3O2. The van der Waals surface area contributed by atoms with Crippen LogP contribution in [0.1, 0.15) is 66.1 Å². The summed E-state index contributed by atoms with van der Waals surface area (Å²) in [5.41, 5.74) is 1.94. The Hall–Kier alpha value is -1.49. The van der Waals surface area contributed by atoms with Crippen molar-refractivity contribution in [2.45, 2.75) is 51.5 Å². The van der Waals surface area contributed by atoms with Gasteiger partial charge in [0.05, 0.1) is 5.69 Å². The number of nitrogens with zero attached hydrogens (tertiary/aromatic N) is 2. The molecule has 20 heavy (non-hydrogen) atoms. The lowest BCUT2D eigenvalue weighted by atomic mass is 9.82. The fourth-order valence-electron chi connectivity index (χ4n) is 3.41. The number of nitrogens with one attached hydrogen (secondary N) is 1. The van der Waals surface area contributed by atoms with E-state index in [4.69, 9.17) is 0 Å². The lowest BCUT2D eigenvalue weighted by molar-refractivity contribution is 0.0687. The van der Waals surface area contributed by atoms with Crippen molar-refractivity contribution in [3.8, 4) is 0 Å². The third-order valence-corrected chi connectivity index (χ3v) is 4.46. The molecule has 0 aromatic carbocycles. The third kappa shape index (κ3) is 2.54. The number of aromatic nitrogens is 2. The van der Waals surface area contributed by atoms with E-state index in [-0.39, 0.29) is 5.69 Å². The first-order valence-corrected chi connectivity index (χ1v) is 7.49. The van der Waals surface area contributed by atoms with Gasteiger partial charge >= 0.3 is 5.97 Å². The van der Waals surface area contributed by atoms with Crippen LogP contribution < -0.4 is 5.32 Å². The van der Waals surface area contributed by atoms with E-state index in [1.165, 1.54) is 12.8 Å². The highest BCUT2D eigenvalue weighted by Crippen LogP contribution is 2.35. The van der Waals surface area contributed by atoms with Crippen LogP contribution in [0.25, 0.3) is 0 Å². The zero-order chi connectivity index (χ0) is 14.1.